The van der Waals surface area contributed by atoms with Gasteiger partial charge >= 0.3 is 6.18 Å². The van der Waals surface area contributed by atoms with E-state index in [-0.39, 0.29) is 32.8 Å². The van der Waals surface area contributed by atoms with Gasteiger partial charge in [0.2, 0.25) is 0 Å². The van der Waals surface area contributed by atoms with Crippen molar-refractivity contribution in [2.24, 2.45) is 7.05 Å². The highest BCUT2D eigenvalue weighted by atomic mass is 19.4. The third-order valence-electron chi connectivity index (χ3n) is 6.33. The zero-order valence-corrected chi connectivity index (χ0v) is 18.8. The Morgan fingerprint density at radius 3 is 1.69 bits per heavy atom. The largest absolute Gasteiger partial charge is 0.417 e. The molecule has 176 valence electrons. The summed E-state index contributed by atoms with van der Waals surface area (Å²) in [5.41, 5.74) is -1.88. The summed E-state index contributed by atoms with van der Waals surface area (Å²) in [5, 5.41) is 0.0734. The molecule has 2 heterocycles. The van der Waals surface area contributed by atoms with Crippen LogP contribution in [-0.4, -0.2) is 9.13 Å². The summed E-state index contributed by atoms with van der Waals surface area (Å²) in [6.45, 7) is 3.17. The predicted octanol–water partition coefficient (Wildman–Crippen LogP) is 3.74. The molecule has 0 atom stereocenters. The summed E-state index contributed by atoms with van der Waals surface area (Å²) in [6.07, 6.45) is -4.56. The molecule has 0 bridgehead atoms. The Hall–Kier alpha value is -4.27. The number of fused-ring (bicyclic) bond motifs is 2. The minimum atomic E-state index is -4.56. The zero-order chi connectivity index (χ0) is 25.4. The topological polar surface area (TPSA) is 78.1 Å². The number of alkyl halides is 3. The van der Waals surface area contributed by atoms with E-state index in [4.69, 9.17) is 0 Å². The van der Waals surface area contributed by atoms with E-state index in [1.54, 1.807) is 19.9 Å². The predicted molar refractivity (Wildman–Crippen MR) is 127 cm³/mol. The molecule has 0 aliphatic rings. The lowest BCUT2D eigenvalue weighted by Gasteiger charge is -2.16. The highest BCUT2D eigenvalue weighted by Gasteiger charge is 2.34. The second-order valence-corrected chi connectivity index (χ2v) is 8.60. The van der Waals surface area contributed by atoms with Crippen molar-refractivity contribution in [2.45, 2.75) is 20.0 Å². The summed E-state index contributed by atoms with van der Waals surface area (Å²) >= 11 is 0. The summed E-state index contributed by atoms with van der Waals surface area (Å²) in [6, 6.07) is 10.9. The number of nitrogens with zero attached hydrogens (tertiary/aromatic N) is 2. The van der Waals surface area contributed by atoms with Crippen LogP contribution in [0.2, 0.25) is 0 Å². The first-order valence-corrected chi connectivity index (χ1v) is 10.6. The normalized spacial score (nSPS) is 12.2. The van der Waals surface area contributed by atoms with Crippen LogP contribution in [0.25, 0.3) is 38.4 Å². The Kier molecular flexibility index (Phi) is 4.74. The van der Waals surface area contributed by atoms with Crippen LogP contribution in [0.5, 0.6) is 0 Å². The number of rotatable bonds is 2. The molecule has 5 rings (SSSR count). The quantitative estimate of drug-likeness (QED) is 0.387. The van der Waals surface area contributed by atoms with Crippen LogP contribution in [0.1, 0.15) is 16.7 Å². The minimum absolute atomic E-state index is 0.00733. The molecule has 3 aromatic carbocycles. The van der Waals surface area contributed by atoms with E-state index in [9.17, 15) is 32.3 Å². The van der Waals surface area contributed by atoms with Gasteiger partial charge in [-0.05, 0) is 60.9 Å². The molecule has 0 N–H and O–H groups in total. The molecule has 2 aromatic heterocycles. The number of aromatic nitrogens is 2. The Bertz CT molecular complexity index is 1820. The molecule has 0 aliphatic carbocycles. The maximum absolute atomic E-state index is 13.7. The molecule has 0 spiro atoms. The van der Waals surface area contributed by atoms with Crippen molar-refractivity contribution >= 4 is 21.5 Å². The van der Waals surface area contributed by atoms with Crippen molar-refractivity contribution in [3.63, 3.8) is 0 Å². The van der Waals surface area contributed by atoms with Crippen LogP contribution in [0.15, 0.2) is 67.7 Å². The van der Waals surface area contributed by atoms with E-state index < -0.39 is 34.0 Å². The van der Waals surface area contributed by atoms with Gasteiger partial charge in [0.1, 0.15) is 0 Å². The Balaban J connectivity index is 1.72. The molecule has 0 unspecified atom stereocenters. The van der Waals surface area contributed by atoms with Crippen LogP contribution in [0.4, 0.5) is 13.2 Å². The first-order valence-electron chi connectivity index (χ1n) is 10.6. The Labute approximate surface area is 194 Å². The van der Waals surface area contributed by atoms with Crippen molar-refractivity contribution in [3.8, 4) is 16.8 Å². The van der Waals surface area contributed by atoms with Crippen LogP contribution in [0, 0.1) is 13.8 Å². The first-order chi connectivity index (χ1) is 16.4. The number of benzene rings is 3. The van der Waals surface area contributed by atoms with Crippen molar-refractivity contribution < 1.29 is 13.2 Å². The molecule has 0 saturated carbocycles. The monoisotopic (exact) mass is 478 g/mol. The highest BCUT2D eigenvalue weighted by Crippen LogP contribution is 2.39. The molecular formula is C26H17F3N2O4. The number of hydrogen-bond acceptors (Lipinski definition) is 4. The molecule has 5 aromatic rings. The lowest BCUT2D eigenvalue weighted by Crippen LogP contribution is -2.23. The van der Waals surface area contributed by atoms with Gasteiger partial charge in [0.25, 0.3) is 22.2 Å². The molecule has 0 amide bonds. The zero-order valence-electron chi connectivity index (χ0n) is 18.8. The van der Waals surface area contributed by atoms with E-state index >= 15 is 0 Å². The van der Waals surface area contributed by atoms with Crippen LogP contribution in [0.3, 0.4) is 0 Å². The SMILES string of the molecule is Cc1ccc(-c2ccc(-n3c(=O)c4cc5c(=O)n(C)c(=O)c5cc4c3=O)cc2C)c(C(F)(F)F)c1. The first kappa shape index (κ1) is 22.5. The lowest BCUT2D eigenvalue weighted by atomic mass is 9.94. The van der Waals surface area contributed by atoms with Crippen molar-refractivity contribution in [3.05, 3.63) is 107 Å². The van der Waals surface area contributed by atoms with E-state index in [1.807, 2.05) is 0 Å². The van der Waals surface area contributed by atoms with Gasteiger partial charge in [-0.25, -0.2) is 4.57 Å². The summed E-state index contributed by atoms with van der Waals surface area (Å²) in [5.74, 6) is 0. The minimum Gasteiger partial charge on any atom is -0.277 e. The van der Waals surface area contributed by atoms with Gasteiger partial charge in [-0.1, -0.05) is 23.8 Å². The van der Waals surface area contributed by atoms with Gasteiger partial charge < -0.3 is 0 Å². The van der Waals surface area contributed by atoms with E-state index in [0.717, 1.165) is 15.2 Å². The van der Waals surface area contributed by atoms with Gasteiger partial charge in [0, 0.05) is 7.05 Å². The standard InChI is InChI=1S/C26H17F3N2O4/c1-12-4-6-16(21(8-12)26(27,28)29)15-7-5-14(9-13(15)2)31-24(34)19-10-17-18(11-20(19)25(31)35)23(33)30(3)22(17)32/h4-11H,1-3H3. The molecule has 0 radical (unpaired) electrons. The maximum atomic E-state index is 13.7. The fourth-order valence-electron chi connectivity index (χ4n) is 4.55. The fourth-order valence-corrected chi connectivity index (χ4v) is 4.55. The van der Waals surface area contributed by atoms with Gasteiger partial charge in [-0.3, -0.25) is 23.7 Å². The van der Waals surface area contributed by atoms with E-state index in [2.05, 4.69) is 0 Å². The molecule has 0 aliphatic heterocycles. The van der Waals surface area contributed by atoms with Crippen LogP contribution >= 0.6 is 0 Å². The van der Waals surface area contributed by atoms with E-state index in [1.165, 1.54) is 43.4 Å². The maximum Gasteiger partial charge on any atom is 0.417 e. The third kappa shape index (κ3) is 3.26. The second kappa shape index (κ2) is 7.36. The Morgan fingerprint density at radius 1 is 0.657 bits per heavy atom. The second-order valence-electron chi connectivity index (χ2n) is 8.60. The number of hydrogen-bond donors (Lipinski definition) is 0. The molecule has 0 fully saturated rings. The number of aryl methyl sites for hydroxylation is 2. The highest BCUT2D eigenvalue weighted by molar-refractivity contribution is 5.98. The third-order valence-corrected chi connectivity index (χ3v) is 6.33. The average molecular weight is 478 g/mol. The summed E-state index contributed by atoms with van der Waals surface area (Å²) < 4.78 is 42.8. The van der Waals surface area contributed by atoms with Gasteiger partial charge in [0.15, 0.2) is 0 Å². The van der Waals surface area contributed by atoms with Gasteiger partial charge in [-0.15, -0.1) is 0 Å². The molecule has 35 heavy (non-hydrogen) atoms. The van der Waals surface area contributed by atoms with Gasteiger partial charge in [-0.2, -0.15) is 13.2 Å². The molecular weight excluding hydrogens is 461 g/mol. The smallest absolute Gasteiger partial charge is 0.277 e. The van der Waals surface area contributed by atoms with Crippen LogP contribution < -0.4 is 22.2 Å². The lowest BCUT2D eigenvalue weighted by molar-refractivity contribution is -0.137. The molecule has 9 heteroatoms. The van der Waals surface area contributed by atoms with Crippen LogP contribution in [-0.2, 0) is 13.2 Å². The van der Waals surface area contributed by atoms with Crippen molar-refractivity contribution in [1.82, 2.24) is 9.13 Å². The van der Waals surface area contributed by atoms with Crippen molar-refractivity contribution in [1.29, 1.82) is 0 Å². The fraction of sp³-hybridized carbons (Fsp3) is 0.154. The summed E-state index contributed by atoms with van der Waals surface area (Å²) in [4.78, 5) is 50.8. The Morgan fingerprint density at radius 2 is 1.17 bits per heavy atom. The van der Waals surface area contributed by atoms with Crippen molar-refractivity contribution in [2.75, 3.05) is 0 Å². The van der Waals surface area contributed by atoms with Gasteiger partial charge in [0.05, 0.1) is 32.8 Å². The number of halogens is 3. The molecule has 0 saturated heterocycles. The summed E-state index contributed by atoms with van der Waals surface area (Å²) in [7, 11) is 1.31. The average Bonchev–Trinajstić information content (AvgIpc) is 3.17. The van der Waals surface area contributed by atoms with E-state index in [0.29, 0.717) is 16.7 Å². The molecule has 6 nitrogen and oxygen atoms in total.